The lowest BCUT2D eigenvalue weighted by Gasteiger charge is -2.33. The van der Waals surface area contributed by atoms with E-state index in [1.165, 1.54) is 12.1 Å². The predicted molar refractivity (Wildman–Crippen MR) is 74.4 cm³/mol. The van der Waals surface area contributed by atoms with E-state index in [4.69, 9.17) is 9.84 Å². The van der Waals surface area contributed by atoms with Gasteiger partial charge in [-0.25, -0.2) is 4.79 Å². The molecule has 6 heteroatoms. The fourth-order valence-electron chi connectivity index (χ4n) is 2.07. The summed E-state index contributed by atoms with van der Waals surface area (Å²) in [6, 6.07) is 4.57. The minimum Gasteiger partial charge on any atom is -0.479 e. The lowest BCUT2D eigenvalue weighted by molar-refractivity contribution is -0.125. The molecule has 1 aliphatic heterocycles. The smallest absolute Gasteiger partial charge is 0.335 e. The summed E-state index contributed by atoms with van der Waals surface area (Å²) in [7, 11) is 3.87. The molecule has 0 spiro atoms. The topological polar surface area (TPSA) is 70.1 Å². The molecule has 0 fully saturated rings. The first-order chi connectivity index (χ1) is 9.40. The molecule has 20 heavy (non-hydrogen) atoms. The van der Waals surface area contributed by atoms with Crippen LogP contribution in [-0.4, -0.2) is 55.2 Å². The summed E-state index contributed by atoms with van der Waals surface area (Å²) in [5.74, 6) is -0.682. The lowest BCUT2D eigenvalue weighted by Crippen LogP contribution is -2.46. The summed E-state index contributed by atoms with van der Waals surface area (Å²) in [6.45, 7) is 2.93. The number of carbonyl (C=O) groups is 2. The van der Waals surface area contributed by atoms with Crippen LogP contribution in [0, 0.1) is 0 Å². The number of hydrogen-bond acceptors (Lipinski definition) is 4. The highest BCUT2D eigenvalue weighted by molar-refractivity contribution is 6.00. The van der Waals surface area contributed by atoms with Crippen LogP contribution in [0.15, 0.2) is 18.2 Å². The van der Waals surface area contributed by atoms with Crippen LogP contribution < -0.4 is 9.64 Å². The molecule has 1 heterocycles. The van der Waals surface area contributed by atoms with Gasteiger partial charge in [-0.2, -0.15) is 0 Å². The molecular formula is C14H18N2O4. The molecule has 0 aliphatic carbocycles. The van der Waals surface area contributed by atoms with Crippen molar-refractivity contribution in [2.24, 2.45) is 0 Å². The minimum atomic E-state index is -1.01. The number of amides is 1. The Hall–Kier alpha value is -2.08. The largest absolute Gasteiger partial charge is 0.479 e. The Balaban J connectivity index is 2.35. The van der Waals surface area contributed by atoms with Crippen LogP contribution in [0.25, 0.3) is 0 Å². The molecule has 6 nitrogen and oxygen atoms in total. The highest BCUT2D eigenvalue weighted by atomic mass is 16.5. The molecule has 1 aromatic rings. The number of carbonyl (C=O) groups excluding carboxylic acids is 1. The number of aromatic carboxylic acids is 1. The molecule has 2 rings (SSSR count). The van der Waals surface area contributed by atoms with Crippen LogP contribution in [-0.2, 0) is 4.79 Å². The number of hydrogen-bond donors (Lipinski definition) is 1. The van der Waals surface area contributed by atoms with Crippen LogP contribution in [0.1, 0.15) is 17.3 Å². The van der Waals surface area contributed by atoms with E-state index >= 15 is 0 Å². The van der Waals surface area contributed by atoms with Crippen LogP contribution in [0.2, 0.25) is 0 Å². The van der Waals surface area contributed by atoms with Crippen molar-refractivity contribution >= 4 is 17.6 Å². The lowest BCUT2D eigenvalue weighted by atomic mass is 10.1. The van der Waals surface area contributed by atoms with E-state index in [0.717, 1.165) is 6.54 Å². The zero-order valence-electron chi connectivity index (χ0n) is 11.8. The van der Waals surface area contributed by atoms with E-state index in [2.05, 4.69) is 0 Å². The zero-order valence-corrected chi connectivity index (χ0v) is 11.8. The van der Waals surface area contributed by atoms with E-state index in [9.17, 15) is 9.59 Å². The summed E-state index contributed by atoms with van der Waals surface area (Å²) in [5, 5.41) is 9.00. The van der Waals surface area contributed by atoms with Crippen LogP contribution >= 0.6 is 0 Å². The molecule has 1 unspecified atom stereocenters. The molecule has 1 amide bonds. The summed E-state index contributed by atoms with van der Waals surface area (Å²) < 4.78 is 5.50. The number of fused-ring (bicyclic) bond motifs is 1. The van der Waals surface area contributed by atoms with Crippen LogP contribution in [0.4, 0.5) is 5.69 Å². The van der Waals surface area contributed by atoms with Gasteiger partial charge in [-0.3, -0.25) is 4.79 Å². The van der Waals surface area contributed by atoms with Crippen LogP contribution in [0.3, 0.4) is 0 Å². The highest BCUT2D eigenvalue weighted by Gasteiger charge is 2.31. The van der Waals surface area contributed by atoms with Crippen molar-refractivity contribution in [2.45, 2.75) is 13.0 Å². The Morgan fingerprint density at radius 2 is 2.15 bits per heavy atom. The average molecular weight is 278 g/mol. The van der Waals surface area contributed by atoms with Gasteiger partial charge in [-0.05, 0) is 39.2 Å². The third-order valence-electron chi connectivity index (χ3n) is 3.19. The molecule has 1 N–H and O–H groups in total. The number of carboxylic acid groups (broad SMARTS) is 1. The molecule has 108 valence electrons. The molecule has 0 saturated carbocycles. The molecule has 1 aromatic carbocycles. The van der Waals surface area contributed by atoms with Gasteiger partial charge < -0.3 is 19.6 Å². The van der Waals surface area contributed by atoms with E-state index in [0.29, 0.717) is 18.0 Å². The zero-order chi connectivity index (χ0) is 14.9. The van der Waals surface area contributed by atoms with Gasteiger partial charge in [0.05, 0.1) is 11.3 Å². The Morgan fingerprint density at radius 3 is 2.75 bits per heavy atom. The number of benzene rings is 1. The fourth-order valence-corrected chi connectivity index (χ4v) is 2.07. The standard InChI is InChI=1S/C14H18N2O4/c1-9-13(17)16(7-6-15(2)3)11-5-4-10(14(18)19)8-12(11)20-9/h4-5,8-9H,6-7H2,1-3H3,(H,18,19). The summed E-state index contributed by atoms with van der Waals surface area (Å²) in [6.07, 6.45) is -0.603. The fraction of sp³-hybridized carbons (Fsp3) is 0.429. The maximum Gasteiger partial charge on any atom is 0.335 e. The van der Waals surface area contributed by atoms with Gasteiger partial charge in [0.1, 0.15) is 5.75 Å². The molecule has 0 radical (unpaired) electrons. The van der Waals surface area contributed by atoms with E-state index in [1.54, 1.807) is 17.9 Å². The number of anilines is 1. The Bertz CT molecular complexity index is 542. The Kier molecular flexibility index (Phi) is 3.94. The first-order valence-electron chi connectivity index (χ1n) is 6.40. The maximum absolute atomic E-state index is 12.2. The first-order valence-corrected chi connectivity index (χ1v) is 6.40. The maximum atomic E-state index is 12.2. The third kappa shape index (κ3) is 2.75. The van der Waals surface area contributed by atoms with Crippen molar-refractivity contribution in [2.75, 3.05) is 32.1 Å². The van der Waals surface area contributed by atoms with Gasteiger partial charge >= 0.3 is 5.97 Å². The normalized spacial score (nSPS) is 17.9. The first kappa shape index (κ1) is 14.3. The minimum absolute atomic E-state index is 0.109. The quantitative estimate of drug-likeness (QED) is 0.891. The molecule has 0 aromatic heterocycles. The molecule has 1 atom stereocenters. The number of likely N-dealkylation sites (N-methyl/N-ethyl adjacent to an activating group) is 1. The van der Waals surface area contributed by atoms with Crippen molar-refractivity contribution in [3.05, 3.63) is 23.8 Å². The molecule has 0 saturated heterocycles. The summed E-state index contributed by atoms with van der Waals surface area (Å²) in [4.78, 5) is 26.8. The number of nitrogens with zero attached hydrogens (tertiary/aromatic N) is 2. The second-order valence-electron chi connectivity index (χ2n) is 5.04. The average Bonchev–Trinajstić information content (AvgIpc) is 2.38. The molecular weight excluding hydrogens is 260 g/mol. The third-order valence-corrected chi connectivity index (χ3v) is 3.19. The highest BCUT2D eigenvalue weighted by Crippen LogP contribution is 2.34. The van der Waals surface area contributed by atoms with Crippen molar-refractivity contribution < 1.29 is 19.4 Å². The van der Waals surface area contributed by atoms with Gasteiger partial charge in [0.25, 0.3) is 5.91 Å². The number of carboxylic acids is 1. The second kappa shape index (κ2) is 5.50. The second-order valence-corrected chi connectivity index (χ2v) is 5.04. The van der Waals surface area contributed by atoms with Crippen molar-refractivity contribution in [1.82, 2.24) is 4.90 Å². The molecule has 0 bridgehead atoms. The van der Waals surface area contributed by atoms with Gasteiger partial charge in [0, 0.05) is 13.1 Å². The SMILES string of the molecule is CC1Oc2cc(C(=O)O)ccc2N(CCN(C)C)C1=O. The number of ether oxygens (including phenoxy) is 1. The monoisotopic (exact) mass is 278 g/mol. The Labute approximate surface area is 117 Å². The Morgan fingerprint density at radius 1 is 1.45 bits per heavy atom. The summed E-state index contributed by atoms with van der Waals surface area (Å²) >= 11 is 0. The number of rotatable bonds is 4. The van der Waals surface area contributed by atoms with Crippen molar-refractivity contribution in [3.8, 4) is 5.75 Å². The van der Waals surface area contributed by atoms with Gasteiger partial charge in [0.15, 0.2) is 6.10 Å². The van der Waals surface area contributed by atoms with Crippen molar-refractivity contribution in [1.29, 1.82) is 0 Å². The predicted octanol–water partition coefficient (Wildman–Crippen LogP) is 1.06. The van der Waals surface area contributed by atoms with Gasteiger partial charge in [-0.15, -0.1) is 0 Å². The van der Waals surface area contributed by atoms with Crippen molar-refractivity contribution in [3.63, 3.8) is 0 Å². The van der Waals surface area contributed by atoms with E-state index in [-0.39, 0.29) is 11.5 Å². The van der Waals surface area contributed by atoms with E-state index < -0.39 is 12.1 Å². The molecule has 1 aliphatic rings. The van der Waals surface area contributed by atoms with E-state index in [1.807, 2.05) is 19.0 Å². The van der Waals surface area contributed by atoms with Gasteiger partial charge in [-0.1, -0.05) is 0 Å². The summed E-state index contributed by atoms with van der Waals surface area (Å²) in [5.41, 5.74) is 0.776. The van der Waals surface area contributed by atoms with Crippen LogP contribution in [0.5, 0.6) is 5.75 Å². The van der Waals surface area contributed by atoms with Gasteiger partial charge in [0.2, 0.25) is 0 Å².